The van der Waals surface area contributed by atoms with Gasteiger partial charge in [-0.2, -0.15) is 4.31 Å². The molecule has 0 N–H and O–H groups in total. The van der Waals surface area contributed by atoms with Gasteiger partial charge < -0.3 is 14.0 Å². The van der Waals surface area contributed by atoms with Crippen LogP contribution in [-0.2, 0) is 28.9 Å². The molecule has 2 rings (SSSR count). The predicted molar refractivity (Wildman–Crippen MR) is 95.3 cm³/mol. The standard InChI is InChI=1S/C16H28BNO6S/c1-14(2,13(19)22-7)11-25(20,21)18-9-8-12(10-18)17-23-15(3,4)16(5,6)24-17/h8H,9-11H2,1-7H3. The van der Waals surface area contributed by atoms with E-state index in [0.29, 0.717) is 0 Å². The molecule has 0 aliphatic carbocycles. The van der Waals surface area contributed by atoms with Gasteiger partial charge in [0.1, 0.15) is 0 Å². The van der Waals surface area contributed by atoms with Gasteiger partial charge in [-0.05, 0) is 47.0 Å². The fourth-order valence-electron chi connectivity index (χ4n) is 2.81. The van der Waals surface area contributed by atoms with Crippen LogP contribution in [0.2, 0.25) is 0 Å². The molecule has 1 saturated heterocycles. The highest BCUT2D eigenvalue weighted by Gasteiger charge is 2.53. The molecule has 0 spiro atoms. The monoisotopic (exact) mass is 373 g/mol. The second-order valence-electron chi connectivity index (χ2n) is 8.29. The number of ether oxygens (including phenoxy) is 1. The molecule has 7 nitrogen and oxygen atoms in total. The summed E-state index contributed by atoms with van der Waals surface area (Å²) in [5.74, 6) is -0.855. The van der Waals surface area contributed by atoms with E-state index in [-0.39, 0.29) is 18.8 Å². The summed E-state index contributed by atoms with van der Waals surface area (Å²) in [4.78, 5) is 11.8. The van der Waals surface area contributed by atoms with E-state index in [2.05, 4.69) is 0 Å². The predicted octanol–water partition coefficient (Wildman–Crippen LogP) is 1.39. The highest BCUT2D eigenvalue weighted by Crippen LogP contribution is 2.39. The molecule has 0 aromatic rings. The van der Waals surface area contributed by atoms with Crippen LogP contribution in [0.25, 0.3) is 0 Å². The van der Waals surface area contributed by atoms with E-state index in [0.717, 1.165) is 5.47 Å². The van der Waals surface area contributed by atoms with E-state index in [1.807, 2.05) is 33.8 Å². The third-order valence-electron chi connectivity index (χ3n) is 5.15. The SMILES string of the molecule is COC(=O)C(C)(C)CS(=O)(=O)N1CC=C(B2OC(C)(C)C(C)(C)O2)C1. The number of carbonyl (C=O) groups is 1. The minimum Gasteiger partial charge on any atom is -0.469 e. The Morgan fingerprint density at radius 2 is 1.80 bits per heavy atom. The molecular formula is C16H28BNO6S. The molecule has 0 unspecified atom stereocenters. The largest absolute Gasteiger partial charge is 0.491 e. The van der Waals surface area contributed by atoms with Crippen LogP contribution in [0.1, 0.15) is 41.5 Å². The highest BCUT2D eigenvalue weighted by molar-refractivity contribution is 7.89. The third kappa shape index (κ3) is 3.94. The number of methoxy groups -OCH3 is 1. The molecule has 0 aromatic heterocycles. The fourth-order valence-corrected chi connectivity index (χ4v) is 4.67. The topological polar surface area (TPSA) is 82.1 Å². The van der Waals surface area contributed by atoms with Gasteiger partial charge in [0, 0.05) is 13.1 Å². The number of hydrogen-bond acceptors (Lipinski definition) is 6. The Bertz CT molecular complexity index is 667. The molecule has 0 saturated carbocycles. The maximum Gasteiger partial charge on any atom is 0.491 e. The number of esters is 1. The van der Waals surface area contributed by atoms with Gasteiger partial charge in [-0.1, -0.05) is 6.08 Å². The quantitative estimate of drug-likeness (QED) is 0.535. The molecule has 0 bridgehead atoms. The van der Waals surface area contributed by atoms with Crippen molar-refractivity contribution < 1.29 is 27.3 Å². The summed E-state index contributed by atoms with van der Waals surface area (Å²) in [6.45, 7) is 11.4. The van der Waals surface area contributed by atoms with Crippen molar-refractivity contribution in [2.24, 2.45) is 5.41 Å². The summed E-state index contributed by atoms with van der Waals surface area (Å²) in [7, 11) is -2.93. The van der Waals surface area contributed by atoms with E-state index >= 15 is 0 Å². The van der Waals surface area contributed by atoms with Gasteiger partial charge in [-0.15, -0.1) is 0 Å². The van der Waals surface area contributed by atoms with Crippen LogP contribution < -0.4 is 0 Å². The fraction of sp³-hybridized carbons (Fsp3) is 0.812. The first-order chi connectivity index (χ1) is 11.2. The molecule has 2 aliphatic rings. The molecule has 0 aromatic carbocycles. The second kappa shape index (κ2) is 6.37. The maximum atomic E-state index is 12.7. The Morgan fingerprint density at radius 1 is 1.28 bits per heavy atom. The summed E-state index contributed by atoms with van der Waals surface area (Å²) in [6.07, 6.45) is 1.82. The van der Waals surface area contributed by atoms with Crippen LogP contribution in [0.4, 0.5) is 0 Å². The first-order valence-corrected chi connectivity index (χ1v) is 9.94. The van der Waals surface area contributed by atoms with Crippen LogP contribution in [0.3, 0.4) is 0 Å². The smallest absolute Gasteiger partial charge is 0.469 e. The lowest BCUT2D eigenvalue weighted by molar-refractivity contribution is -0.149. The normalized spacial score (nSPS) is 23.6. The maximum absolute atomic E-state index is 12.7. The second-order valence-corrected chi connectivity index (χ2v) is 10.3. The van der Waals surface area contributed by atoms with Crippen molar-refractivity contribution in [3.63, 3.8) is 0 Å². The van der Waals surface area contributed by atoms with Gasteiger partial charge >= 0.3 is 13.1 Å². The molecule has 0 amide bonds. The zero-order valence-electron chi connectivity index (χ0n) is 16.1. The number of nitrogens with zero attached hydrogens (tertiary/aromatic N) is 1. The van der Waals surface area contributed by atoms with Gasteiger partial charge in [0.2, 0.25) is 10.0 Å². The number of hydrogen-bond donors (Lipinski definition) is 0. The molecule has 9 heteroatoms. The van der Waals surface area contributed by atoms with Gasteiger partial charge in [0.15, 0.2) is 0 Å². The van der Waals surface area contributed by atoms with Crippen LogP contribution in [0.15, 0.2) is 11.5 Å². The van der Waals surface area contributed by atoms with Crippen LogP contribution in [0.5, 0.6) is 0 Å². The summed E-state index contributed by atoms with van der Waals surface area (Å²) in [6, 6.07) is 0. The highest BCUT2D eigenvalue weighted by atomic mass is 32.2. The summed E-state index contributed by atoms with van der Waals surface area (Å²) >= 11 is 0. The molecule has 2 aliphatic heterocycles. The summed E-state index contributed by atoms with van der Waals surface area (Å²) < 4.78 is 43.4. The minimum atomic E-state index is -3.62. The molecule has 25 heavy (non-hydrogen) atoms. The Hall–Kier alpha value is -0.895. The number of carbonyl (C=O) groups excluding carboxylic acids is 1. The van der Waals surface area contributed by atoms with Gasteiger partial charge in [-0.3, -0.25) is 4.79 Å². The van der Waals surface area contributed by atoms with E-state index < -0.39 is 39.7 Å². The van der Waals surface area contributed by atoms with Gasteiger partial charge in [0.05, 0.1) is 29.5 Å². The van der Waals surface area contributed by atoms with E-state index in [1.54, 1.807) is 13.8 Å². The van der Waals surface area contributed by atoms with Crippen molar-refractivity contribution in [3.8, 4) is 0 Å². The lowest BCUT2D eigenvalue weighted by atomic mass is 9.79. The minimum absolute atomic E-state index is 0.205. The average Bonchev–Trinajstić information content (AvgIpc) is 3.01. The first kappa shape index (κ1) is 20.4. The lowest BCUT2D eigenvalue weighted by Gasteiger charge is -2.32. The van der Waals surface area contributed by atoms with Gasteiger partial charge in [0.25, 0.3) is 0 Å². The van der Waals surface area contributed by atoms with Crippen molar-refractivity contribution in [1.82, 2.24) is 4.31 Å². The van der Waals surface area contributed by atoms with Crippen molar-refractivity contribution >= 4 is 23.1 Å². The van der Waals surface area contributed by atoms with Crippen LogP contribution >= 0.6 is 0 Å². The molecule has 0 atom stereocenters. The van der Waals surface area contributed by atoms with Crippen molar-refractivity contribution in [1.29, 1.82) is 0 Å². The van der Waals surface area contributed by atoms with E-state index in [4.69, 9.17) is 14.0 Å². The Morgan fingerprint density at radius 3 is 2.28 bits per heavy atom. The Balaban J connectivity index is 2.06. The Labute approximate surface area is 150 Å². The zero-order valence-corrected chi connectivity index (χ0v) is 16.9. The summed E-state index contributed by atoms with van der Waals surface area (Å²) in [5, 5.41) is 0. The Kier molecular flexibility index (Phi) is 5.20. The molecule has 0 radical (unpaired) electrons. The lowest BCUT2D eigenvalue weighted by Crippen LogP contribution is -2.41. The molecule has 2 heterocycles. The average molecular weight is 373 g/mol. The van der Waals surface area contributed by atoms with Crippen molar-refractivity contribution in [2.75, 3.05) is 26.0 Å². The first-order valence-electron chi connectivity index (χ1n) is 8.33. The van der Waals surface area contributed by atoms with Crippen molar-refractivity contribution in [3.05, 3.63) is 11.5 Å². The third-order valence-corrected chi connectivity index (χ3v) is 7.30. The number of sulfonamides is 1. The van der Waals surface area contributed by atoms with Crippen LogP contribution in [0, 0.1) is 5.41 Å². The zero-order chi connectivity index (χ0) is 19.3. The van der Waals surface area contributed by atoms with E-state index in [9.17, 15) is 13.2 Å². The van der Waals surface area contributed by atoms with E-state index in [1.165, 1.54) is 11.4 Å². The van der Waals surface area contributed by atoms with Gasteiger partial charge in [-0.25, -0.2) is 8.42 Å². The molecular weight excluding hydrogens is 345 g/mol. The molecule has 142 valence electrons. The van der Waals surface area contributed by atoms with Crippen molar-refractivity contribution in [2.45, 2.75) is 52.7 Å². The van der Waals surface area contributed by atoms with Crippen LogP contribution in [-0.4, -0.2) is 63.0 Å². The number of rotatable bonds is 5. The summed E-state index contributed by atoms with van der Waals surface area (Å²) in [5.41, 5.74) is -1.27. The molecule has 1 fully saturated rings.